The summed E-state index contributed by atoms with van der Waals surface area (Å²) in [5, 5.41) is 4.56. The molecule has 3 heteroatoms. The predicted octanol–water partition coefficient (Wildman–Crippen LogP) is 15.0. The maximum Gasteiger partial charge on any atom is 0.159 e. The average molecular weight is 705 g/mol. The van der Waals surface area contributed by atoms with Gasteiger partial charge in [0.2, 0.25) is 0 Å². The van der Waals surface area contributed by atoms with Crippen molar-refractivity contribution in [1.29, 1.82) is 0 Å². The van der Waals surface area contributed by atoms with Gasteiger partial charge in [-0.2, -0.15) is 0 Å². The third-order valence-corrected chi connectivity index (χ3v) is 10.5. The number of hydrogen-bond acceptors (Lipinski definition) is 3. The average Bonchev–Trinajstić information content (AvgIpc) is 3.65. The van der Waals surface area contributed by atoms with Crippen LogP contribution in [0.15, 0.2) is 223 Å². The first kappa shape index (κ1) is 32.3. The minimum atomic E-state index is 0.869. The standard InChI is InChI=1S/C52H36N2O/c1-4-17-37(18-5-1)43-23-12-14-28-48(43)53(39-19-6-2-7-20-39)41-33-31-38(32-34-41)42-35-36-49(45-25-11-10-24-44(42)45)54(40-21-8-3-9-22-40)50-29-16-27-47-46-26-13-15-30-51(46)55-52(47)50/h1-36H. The second kappa shape index (κ2) is 13.9. The third-order valence-electron chi connectivity index (χ3n) is 10.5. The number of furan rings is 1. The third kappa shape index (κ3) is 5.80. The summed E-state index contributed by atoms with van der Waals surface area (Å²) in [4.78, 5) is 4.69. The first-order valence-electron chi connectivity index (χ1n) is 18.7. The molecule has 0 unspecified atom stereocenters. The Morgan fingerprint density at radius 3 is 1.55 bits per heavy atom. The van der Waals surface area contributed by atoms with Crippen molar-refractivity contribution in [1.82, 2.24) is 0 Å². The molecule has 0 aliphatic heterocycles. The molecule has 0 N–H and O–H groups in total. The highest BCUT2D eigenvalue weighted by Gasteiger charge is 2.22. The molecule has 0 aliphatic rings. The van der Waals surface area contributed by atoms with Crippen molar-refractivity contribution in [2.45, 2.75) is 0 Å². The van der Waals surface area contributed by atoms with E-state index in [1.807, 2.05) is 12.1 Å². The number of fused-ring (bicyclic) bond motifs is 4. The Labute approximate surface area is 320 Å². The highest BCUT2D eigenvalue weighted by molar-refractivity contribution is 6.12. The van der Waals surface area contributed by atoms with E-state index < -0.39 is 0 Å². The van der Waals surface area contributed by atoms with Crippen LogP contribution in [0.4, 0.5) is 34.1 Å². The van der Waals surface area contributed by atoms with E-state index in [4.69, 9.17) is 4.42 Å². The molecule has 55 heavy (non-hydrogen) atoms. The summed E-state index contributed by atoms with van der Waals surface area (Å²) in [5.41, 5.74) is 12.9. The van der Waals surface area contributed by atoms with Gasteiger partial charge in [-0.25, -0.2) is 0 Å². The van der Waals surface area contributed by atoms with Crippen molar-refractivity contribution >= 4 is 66.8 Å². The van der Waals surface area contributed by atoms with Gasteiger partial charge in [-0.05, 0) is 82.7 Å². The molecule has 3 nitrogen and oxygen atoms in total. The number of anilines is 6. The second-order valence-electron chi connectivity index (χ2n) is 13.7. The molecule has 0 radical (unpaired) electrons. The molecule has 0 saturated carbocycles. The molecule has 0 saturated heterocycles. The molecular weight excluding hydrogens is 669 g/mol. The molecule has 260 valence electrons. The van der Waals surface area contributed by atoms with Gasteiger partial charge in [0.15, 0.2) is 5.58 Å². The minimum absolute atomic E-state index is 0.869. The van der Waals surface area contributed by atoms with Crippen molar-refractivity contribution in [3.05, 3.63) is 218 Å². The van der Waals surface area contributed by atoms with Crippen LogP contribution in [0, 0.1) is 0 Å². The molecular formula is C52H36N2O. The molecule has 0 amide bonds. The lowest BCUT2D eigenvalue weighted by Crippen LogP contribution is -2.11. The molecule has 1 heterocycles. The van der Waals surface area contributed by atoms with Crippen LogP contribution in [0.1, 0.15) is 0 Å². The maximum absolute atomic E-state index is 6.59. The lowest BCUT2D eigenvalue weighted by Gasteiger charge is -2.28. The van der Waals surface area contributed by atoms with E-state index in [1.54, 1.807) is 0 Å². The van der Waals surface area contributed by atoms with Crippen LogP contribution in [0.2, 0.25) is 0 Å². The van der Waals surface area contributed by atoms with Crippen molar-refractivity contribution in [3.63, 3.8) is 0 Å². The number of hydrogen-bond donors (Lipinski definition) is 0. The molecule has 10 rings (SSSR count). The molecule has 10 aromatic rings. The van der Waals surface area contributed by atoms with Gasteiger partial charge < -0.3 is 14.2 Å². The van der Waals surface area contributed by atoms with Gasteiger partial charge in [0.25, 0.3) is 0 Å². The lowest BCUT2D eigenvalue weighted by atomic mass is 9.95. The summed E-state index contributed by atoms with van der Waals surface area (Å²) >= 11 is 0. The number of nitrogens with zero attached hydrogens (tertiary/aromatic N) is 2. The quantitative estimate of drug-likeness (QED) is 0.157. The summed E-state index contributed by atoms with van der Waals surface area (Å²) < 4.78 is 6.59. The molecule has 0 aliphatic carbocycles. The van der Waals surface area contributed by atoms with Gasteiger partial charge >= 0.3 is 0 Å². The first-order chi connectivity index (χ1) is 27.3. The minimum Gasteiger partial charge on any atom is -0.454 e. The molecule has 0 atom stereocenters. The zero-order chi connectivity index (χ0) is 36.6. The maximum atomic E-state index is 6.59. The molecule has 0 spiro atoms. The van der Waals surface area contributed by atoms with Crippen LogP contribution < -0.4 is 9.80 Å². The summed E-state index contributed by atoms with van der Waals surface area (Å²) in [5.74, 6) is 0. The van der Waals surface area contributed by atoms with Crippen molar-refractivity contribution in [2.24, 2.45) is 0 Å². The summed E-state index contributed by atoms with van der Waals surface area (Å²) in [7, 11) is 0. The Balaban J connectivity index is 1.10. The van der Waals surface area contributed by atoms with E-state index in [0.29, 0.717) is 0 Å². The topological polar surface area (TPSA) is 19.6 Å². The van der Waals surface area contributed by atoms with Crippen molar-refractivity contribution in [2.75, 3.05) is 9.80 Å². The number of rotatable bonds is 8. The van der Waals surface area contributed by atoms with Gasteiger partial charge in [0, 0.05) is 38.8 Å². The molecule has 1 aromatic heterocycles. The molecule has 0 fully saturated rings. The van der Waals surface area contributed by atoms with E-state index in [-0.39, 0.29) is 0 Å². The zero-order valence-corrected chi connectivity index (χ0v) is 30.1. The fourth-order valence-corrected chi connectivity index (χ4v) is 7.95. The van der Waals surface area contributed by atoms with Gasteiger partial charge in [-0.3, -0.25) is 0 Å². The van der Waals surface area contributed by atoms with Crippen LogP contribution in [0.3, 0.4) is 0 Å². The number of benzene rings is 9. The smallest absolute Gasteiger partial charge is 0.159 e. The number of para-hydroxylation sites is 5. The van der Waals surface area contributed by atoms with Crippen LogP contribution in [-0.2, 0) is 0 Å². The van der Waals surface area contributed by atoms with Crippen molar-refractivity contribution in [3.8, 4) is 22.3 Å². The van der Waals surface area contributed by atoms with Crippen LogP contribution in [0.5, 0.6) is 0 Å². The Morgan fingerprint density at radius 1 is 0.273 bits per heavy atom. The Hall–Kier alpha value is -7.36. The molecule has 0 bridgehead atoms. The monoisotopic (exact) mass is 704 g/mol. The van der Waals surface area contributed by atoms with E-state index in [9.17, 15) is 0 Å². The summed E-state index contributed by atoms with van der Waals surface area (Å²) in [6.45, 7) is 0. The second-order valence-corrected chi connectivity index (χ2v) is 13.7. The van der Waals surface area contributed by atoms with Gasteiger partial charge in [0.05, 0.1) is 17.1 Å². The first-order valence-corrected chi connectivity index (χ1v) is 18.7. The van der Waals surface area contributed by atoms with Crippen LogP contribution >= 0.6 is 0 Å². The highest BCUT2D eigenvalue weighted by atomic mass is 16.3. The van der Waals surface area contributed by atoms with E-state index in [2.05, 4.69) is 216 Å². The largest absolute Gasteiger partial charge is 0.454 e. The molecule has 9 aromatic carbocycles. The SMILES string of the molecule is c1ccc(-c2ccccc2N(c2ccccc2)c2ccc(-c3ccc(N(c4ccccc4)c4cccc5c4oc4ccccc45)c4ccccc34)cc2)cc1. The van der Waals surface area contributed by atoms with Crippen LogP contribution in [-0.4, -0.2) is 0 Å². The van der Waals surface area contributed by atoms with Gasteiger partial charge in [0.1, 0.15) is 5.58 Å². The van der Waals surface area contributed by atoms with Gasteiger partial charge in [-0.1, -0.05) is 158 Å². The van der Waals surface area contributed by atoms with E-state index >= 15 is 0 Å². The van der Waals surface area contributed by atoms with Gasteiger partial charge in [-0.15, -0.1) is 0 Å². The Morgan fingerprint density at radius 2 is 0.800 bits per heavy atom. The van der Waals surface area contributed by atoms with Crippen LogP contribution in [0.25, 0.3) is 55.0 Å². The highest BCUT2D eigenvalue weighted by Crippen LogP contribution is 2.46. The lowest BCUT2D eigenvalue weighted by molar-refractivity contribution is 0.669. The summed E-state index contributed by atoms with van der Waals surface area (Å²) in [6.07, 6.45) is 0. The van der Waals surface area contributed by atoms with E-state index in [0.717, 1.165) is 67.0 Å². The van der Waals surface area contributed by atoms with Crippen molar-refractivity contribution < 1.29 is 4.42 Å². The Kier molecular flexibility index (Phi) is 8.16. The fourth-order valence-electron chi connectivity index (χ4n) is 7.95. The zero-order valence-electron chi connectivity index (χ0n) is 30.1. The predicted molar refractivity (Wildman–Crippen MR) is 231 cm³/mol. The fraction of sp³-hybridized carbons (Fsp3) is 0. The normalized spacial score (nSPS) is 11.3. The van der Waals surface area contributed by atoms with E-state index in [1.165, 1.54) is 22.1 Å². The Bertz CT molecular complexity index is 2920. The summed E-state index contributed by atoms with van der Waals surface area (Å²) in [6, 6.07) is 77.4.